The van der Waals surface area contributed by atoms with Crippen LogP contribution in [0.15, 0.2) is 23.1 Å². The van der Waals surface area contributed by atoms with E-state index in [4.69, 9.17) is 5.26 Å². The lowest BCUT2D eigenvalue weighted by molar-refractivity contribution is -0.0690. The van der Waals surface area contributed by atoms with E-state index in [0.717, 1.165) is 11.3 Å². The van der Waals surface area contributed by atoms with E-state index >= 15 is 0 Å². The molecule has 14 heavy (non-hydrogen) atoms. The number of nitriles is 1. The van der Waals surface area contributed by atoms with Gasteiger partial charge in [0, 0.05) is 10.5 Å². The molecule has 1 heterocycles. The lowest BCUT2D eigenvalue weighted by Crippen LogP contribution is -2.11. The van der Waals surface area contributed by atoms with Gasteiger partial charge in [0.05, 0.1) is 11.6 Å². The molecule has 0 N–H and O–H groups in total. The molecular formula is C9H6F3NS. The van der Waals surface area contributed by atoms with Crippen LogP contribution < -0.4 is 0 Å². The van der Waals surface area contributed by atoms with E-state index in [9.17, 15) is 13.2 Å². The minimum atomic E-state index is -4.47. The van der Waals surface area contributed by atoms with Crippen LogP contribution in [0.5, 0.6) is 0 Å². The Bertz CT molecular complexity index is 381. The van der Waals surface area contributed by atoms with Crippen LogP contribution in [0.3, 0.4) is 0 Å². The van der Waals surface area contributed by atoms with Gasteiger partial charge in [0.15, 0.2) is 0 Å². The number of hydrogen-bond donors (Lipinski definition) is 0. The molecule has 0 bridgehead atoms. The molecule has 1 aromatic heterocycles. The number of nitrogens with zero attached hydrogens (tertiary/aromatic N) is 1. The van der Waals surface area contributed by atoms with Gasteiger partial charge in [0.25, 0.3) is 0 Å². The molecule has 0 atom stereocenters. The van der Waals surface area contributed by atoms with Crippen LogP contribution >= 0.6 is 11.3 Å². The van der Waals surface area contributed by atoms with Crippen molar-refractivity contribution in [1.82, 2.24) is 0 Å². The normalized spacial score (nSPS) is 13.4. The first-order valence-electron chi connectivity index (χ1n) is 3.69. The molecule has 0 spiro atoms. The Hall–Kier alpha value is -1.28. The van der Waals surface area contributed by atoms with Crippen LogP contribution in [-0.2, 0) is 0 Å². The summed E-state index contributed by atoms with van der Waals surface area (Å²) in [6.45, 7) is 1.17. The smallest absolute Gasteiger partial charge is 0.193 e. The van der Waals surface area contributed by atoms with Crippen molar-refractivity contribution in [2.45, 2.75) is 13.1 Å². The van der Waals surface area contributed by atoms with Crippen molar-refractivity contribution in [2.75, 3.05) is 0 Å². The Morgan fingerprint density at radius 2 is 2.14 bits per heavy atom. The highest BCUT2D eigenvalue weighted by atomic mass is 32.1. The van der Waals surface area contributed by atoms with Crippen LogP contribution in [0, 0.1) is 11.3 Å². The summed E-state index contributed by atoms with van der Waals surface area (Å²) < 4.78 is 37.6. The zero-order chi connectivity index (χ0) is 10.8. The average molecular weight is 217 g/mol. The van der Waals surface area contributed by atoms with E-state index in [-0.39, 0.29) is 10.5 Å². The Kier molecular flexibility index (Phi) is 2.96. The summed E-state index contributed by atoms with van der Waals surface area (Å²) in [5, 5.41) is 10.0. The summed E-state index contributed by atoms with van der Waals surface area (Å²) in [4.78, 5) is 0.0801. The highest BCUT2D eigenvalue weighted by Crippen LogP contribution is 2.38. The van der Waals surface area contributed by atoms with E-state index in [2.05, 4.69) is 0 Å². The van der Waals surface area contributed by atoms with Gasteiger partial charge in [-0.3, -0.25) is 0 Å². The van der Waals surface area contributed by atoms with Crippen molar-refractivity contribution < 1.29 is 13.2 Å². The molecule has 0 saturated heterocycles. The second-order valence-corrected chi connectivity index (χ2v) is 3.53. The summed E-state index contributed by atoms with van der Waals surface area (Å²) in [6, 6.07) is 4.41. The van der Waals surface area contributed by atoms with E-state index in [1.165, 1.54) is 25.1 Å². The van der Waals surface area contributed by atoms with E-state index in [0.29, 0.717) is 0 Å². The minimum absolute atomic E-state index is 0.0801. The lowest BCUT2D eigenvalue weighted by atomic mass is 10.1. The number of hydrogen-bond acceptors (Lipinski definition) is 2. The fourth-order valence-corrected chi connectivity index (χ4v) is 1.86. The predicted octanol–water partition coefficient (Wildman–Crippen LogP) is 3.61. The van der Waals surface area contributed by atoms with Gasteiger partial charge in [-0.05, 0) is 18.4 Å². The number of thiophene rings is 1. The lowest BCUT2D eigenvalue weighted by Gasteiger charge is -2.10. The Labute approximate surface area is 83.1 Å². The van der Waals surface area contributed by atoms with Gasteiger partial charge < -0.3 is 0 Å². The molecule has 5 heteroatoms. The SMILES string of the molecule is C/C(C#N)=C(\c1cccs1)C(F)(F)F. The summed E-state index contributed by atoms with van der Waals surface area (Å²) in [6.07, 6.45) is -4.47. The van der Waals surface area contributed by atoms with Crippen LogP contribution in [0.4, 0.5) is 13.2 Å². The molecule has 0 radical (unpaired) electrons. The minimum Gasteiger partial charge on any atom is -0.193 e. The quantitative estimate of drug-likeness (QED) is 0.659. The molecule has 0 aromatic carbocycles. The summed E-state index contributed by atoms with van der Waals surface area (Å²) in [7, 11) is 0. The third-order valence-electron chi connectivity index (χ3n) is 1.59. The zero-order valence-corrected chi connectivity index (χ0v) is 8.04. The van der Waals surface area contributed by atoms with E-state index < -0.39 is 11.7 Å². The van der Waals surface area contributed by atoms with E-state index in [1.54, 1.807) is 5.38 Å². The third kappa shape index (κ3) is 2.15. The molecule has 1 nitrogen and oxygen atoms in total. The molecule has 0 aliphatic heterocycles. The molecule has 0 saturated carbocycles. The van der Waals surface area contributed by atoms with Crippen molar-refractivity contribution in [3.63, 3.8) is 0 Å². The summed E-state index contributed by atoms with van der Waals surface area (Å²) in [5.74, 6) is 0. The number of allylic oxidation sites excluding steroid dienone is 2. The molecule has 74 valence electrons. The van der Waals surface area contributed by atoms with Gasteiger partial charge in [-0.15, -0.1) is 11.3 Å². The summed E-state index contributed by atoms with van der Waals surface area (Å²) in [5.41, 5.74) is -1.14. The third-order valence-corrected chi connectivity index (χ3v) is 2.48. The maximum atomic E-state index is 12.5. The van der Waals surface area contributed by atoms with E-state index in [1.807, 2.05) is 0 Å². The van der Waals surface area contributed by atoms with Crippen LogP contribution in [-0.4, -0.2) is 6.18 Å². The number of rotatable bonds is 1. The van der Waals surface area contributed by atoms with Crippen LogP contribution in [0.1, 0.15) is 11.8 Å². The molecule has 0 aliphatic carbocycles. The maximum absolute atomic E-state index is 12.5. The predicted molar refractivity (Wildman–Crippen MR) is 48.6 cm³/mol. The van der Waals surface area contributed by atoms with Gasteiger partial charge >= 0.3 is 6.18 Å². The molecule has 0 aliphatic rings. The first-order valence-corrected chi connectivity index (χ1v) is 4.57. The second-order valence-electron chi connectivity index (χ2n) is 2.59. The van der Waals surface area contributed by atoms with Crippen LogP contribution in [0.25, 0.3) is 5.57 Å². The zero-order valence-electron chi connectivity index (χ0n) is 7.22. The first kappa shape index (κ1) is 10.8. The standard InChI is InChI=1S/C9H6F3NS/c1-6(5-13)8(9(10,11)12)7-3-2-4-14-7/h2-4H,1H3/b8-6-. The van der Waals surface area contributed by atoms with Crippen molar-refractivity contribution in [3.05, 3.63) is 28.0 Å². The highest BCUT2D eigenvalue weighted by Gasteiger charge is 2.37. The first-order chi connectivity index (χ1) is 6.46. The largest absolute Gasteiger partial charge is 0.418 e. The molecule has 1 rings (SSSR count). The van der Waals surface area contributed by atoms with Crippen LogP contribution in [0.2, 0.25) is 0 Å². The topological polar surface area (TPSA) is 23.8 Å². The van der Waals surface area contributed by atoms with Crippen molar-refractivity contribution in [2.24, 2.45) is 0 Å². The van der Waals surface area contributed by atoms with Gasteiger partial charge in [-0.1, -0.05) is 6.07 Å². The Balaban J connectivity index is 3.30. The monoisotopic (exact) mass is 217 g/mol. The molecular weight excluding hydrogens is 211 g/mol. The van der Waals surface area contributed by atoms with Crippen molar-refractivity contribution in [3.8, 4) is 6.07 Å². The Morgan fingerprint density at radius 1 is 1.50 bits per heavy atom. The number of halogens is 3. The van der Waals surface area contributed by atoms with Gasteiger partial charge in [-0.25, -0.2) is 0 Å². The fraction of sp³-hybridized carbons (Fsp3) is 0.222. The molecule has 0 amide bonds. The second kappa shape index (κ2) is 3.84. The summed E-state index contributed by atoms with van der Waals surface area (Å²) >= 11 is 0.973. The van der Waals surface area contributed by atoms with Gasteiger partial charge in [0.1, 0.15) is 0 Å². The van der Waals surface area contributed by atoms with Crippen molar-refractivity contribution in [1.29, 1.82) is 5.26 Å². The Morgan fingerprint density at radius 3 is 2.50 bits per heavy atom. The number of alkyl halides is 3. The molecule has 0 fully saturated rings. The fourth-order valence-electron chi connectivity index (χ4n) is 1.01. The average Bonchev–Trinajstić information content (AvgIpc) is 2.54. The van der Waals surface area contributed by atoms with Gasteiger partial charge in [0.2, 0.25) is 0 Å². The molecule has 0 unspecified atom stereocenters. The maximum Gasteiger partial charge on any atom is 0.418 e. The van der Waals surface area contributed by atoms with Gasteiger partial charge in [-0.2, -0.15) is 18.4 Å². The highest BCUT2D eigenvalue weighted by molar-refractivity contribution is 7.11. The molecule has 1 aromatic rings. The van der Waals surface area contributed by atoms with Crippen molar-refractivity contribution >= 4 is 16.9 Å².